The molecule has 0 unspecified atom stereocenters. The smallest absolute Gasteiger partial charge is 0.159 e. The summed E-state index contributed by atoms with van der Waals surface area (Å²) in [7, 11) is 0. The average Bonchev–Trinajstić information content (AvgIpc) is 3.49. The van der Waals surface area contributed by atoms with Crippen LogP contribution >= 0.6 is 0 Å². The van der Waals surface area contributed by atoms with Crippen LogP contribution in [0, 0.1) is 0 Å². The quantitative estimate of drug-likeness (QED) is 0.256. The standard InChI is InChI=1S/C33H21N5/c1-2-8-22(9-3-1)33-35-20-24(21-36-33)38-30-13-7-5-11-26(30)28-18-27-25-10-4-6-12-29(25)37(31(27)19-32(28)38)23-14-16-34-17-15-23/h1-21H. The van der Waals surface area contributed by atoms with Gasteiger partial charge in [-0.15, -0.1) is 0 Å². The Hall–Kier alpha value is -5.29. The van der Waals surface area contributed by atoms with Crippen molar-refractivity contribution in [1.82, 2.24) is 24.1 Å². The molecule has 38 heavy (non-hydrogen) atoms. The van der Waals surface area contributed by atoms with E-state index >= 15 is 0 Å². The van der Waals surface area contributed by atoms with Crippen LogP contribution in [0.1, 0.15) is 0 Å². The summed E-state index contributed by atoms with van der Waals surface area (Å²) in [5.74, 6) is 0.718. The zero-order valence-electron chi connectivity index (χ0n) is 20.4. The molecule has 0 saturated heterocycles. The molecule has 0 radical (unpaired) electrons. The summed E-state index contributed by atoms with van der Waals surface area (Å²) in [5, 5.41) is 4.87. The van der Waals surface area contributed by atoms with Crippen LogP contribution in [0.25, 0.3) is 66.4 Å². The first-order chi connectivity index (χ1) is 18.9. The molecule has 0 aliphatic rings. The van der Waals surface area contributed by atoms with Gasteiger partial charge in [-0.2, -0.15) is 0 Å². The number of fused-ring (bicyclic) bond motifs is 6. The molecule has 0 bridgehead atoms. The van der Waals surface area contributed by atoms with Gasteiger partial charge < -0.3 is 9.13 Å². The van der Waals surface area contributed by atoms with Crippen LogP contribution in [0.15, 0.2) is 128 Å². The highest BCUT2D eigenvalue weighted by atomic mass is 15.0. The zero-order chi connectivity index (χ0) is 25.1. The highest BCUT2D eigenvalue weighted by Gasteiger charge is 2.18. The third-order valence-electron chi connectivity index (χ3n) is 7.32. The van der Waals surface area contributed by atoms with Gasteiger partial charge in [0, 0.05) is 45.2 Å². The van der Waals surface area contributed by atoms with Crippen molar-refractivity contribution < 1.29 is 0 Å². The van der Waals surface area contributed by atoms with Gasteiger partial charge in [-0.25, -0.2) is 9.97 Å². The fourth-order valence-electron chi connectivity index (χ4n) is 5.65. The molecule has 178 valence electrons. The maximum atomic E-state index is 4.74. The second-order valence-electron chi connectivity index (χ2n) is 9.43. The molecule has 8 rings (SSSR count). The van der Waals surface area contributed by atoms with Crippen LogP contribution < -0.4 is 0 Å². The lowest BCUT2D eigenvalue weighted by atomic mass is 10.1. The van der Waals surface area contributed by atoms with E-state index in [0.29, 0.717) is 0 Å². The molecule has 8 aromatic rings. The Morgan fingerprint density at radius 2 is 1.00 bits per heavy atom. The molecule has 0 amide bonds. The minimum atomic E-state index is 0.718. The Labute approximate surface area is 218 Å². The molecular formula is C33H21N5. The summed E-state index contributed by atoms with van der Waals surface area (Å²) in [5.41, 5.74) is 7.60. The summed E-state index contributed by atoms with van der Waals surface area (Å²) >= 11 is 0. The van der Waals surface area contributed by atoms with Crippen molar-refractivity contribution in [3.05, 3.63) is 128 Å². The molecule has 4 aromatic heterocycles. The number of pyridine rings is 1. The van der Waals surface area contributed by atoms with Gasteiger partial charge in [-0.05, 0) is 36.4 Å². The maximum Gasteiger partial charge on any atom is 0.159 e. The molecule has 4 aromatic carbocycles. The normalized spacial score (nSPS) is 11.7. The van der Waals surface area contributed by atoms with E-state index in [-0.39, 0.29) is 0 Å². The van der Waals surface area contributed by atoms with Gasteiger partial charge in [0.25, 0.3) is 0 Å². The summed E-state index contributed by atoms with van der Waals surface area (Å²) in [6.45, 7) is 0. The molecule has 5 nitrogen and oxygen atoms in total. The Balaban J connectivity index is 1.45. The van der Waals surface area contributed by atoms with Gasteiger partial charge in [0.15, 0.2) is 5.82 Å². The summed E-state index contributed by atoms with van der Waals surface area (Å²) in [6, 6.07) is 36.0. The van der Waals surface area contributed by atoms with Crippen molar-refractivity contribution in [2.75, 3.05) is 0 Å². The summed E-state index contributed by atoms with van der Waals surface area (Å²) in [4.78, 5) is 13.7. The van der Waals surface area contributed by atoms with Gasteiger partial charge in [0.1, 0.15) is 0 Å². The van der Waals surface area contributed by atoms with E-state index in [2.05, 4.69) is 86.9 Å². The van der Waals surface area contributed by atoms with Crippen molar-refractivity contribution in [3.8, 4) is 22.8 Å². The lowest BCUT2D eigenvalue weighted by molar-refractivity contribution is 1.08. The van der Waals surface area contributed by atoms with Crippen molar-refractivity contribution in [1.29, 1.82) is 0 Å². The summed E-state index contributed by atoms with van der Waals surface area (Å²) < 4.78 is 4.59. The minimum Gasteiger partial charge on any atom is -0.309 e. The first-order valence-electron chi connectivity index (χ1n) is 12.6. The fourth-order valence-corrected chi connectivity index (χ4v) is 5.65. The number of rotatable bonds is 3. The van der Waals surface area contributed by atoms with Gasteiger partial charge in [0.2, 0.25) is 0 Å². The average molecular weight is 488 g/mol. The van der Waals surface area contributed by atoms with E-state index in [1.54, 1.807) is 0 Å². The highest BCUT2D eigenvalue weighted by Crippen LogP contribution is 2.39. The second-order valence-corrected chi connectivity index (χ2v) is 9.43. The van der Waals surface area contributed by atoms with E-state index in [4.69, 9.17) is 9.97 Å². The third-order valence-corrected chi connectivity index (χ3v) is 7.32. The number of aromatic nitrogens is 5. The third kappa shape index (κ3) is 3.02. The van der Waals surface area contributed by atoms with Crippen LogP contribution in [0.3, 0.4) is 0 Å². The minimum absolute atomic E-state index is 0.718. The molecule has 0 spiro atoms. The lowest BCUT2D eigenvalue weighted by Crippen LogP contribution is -1.98. The summed E-state index contributed by atoms with van der Waals surface area (Å²) in [6.07, 6.45) is 7.53. The van der Waals surface area contributed by atoms with Crippen molar-refractivity contribution in [2.45, 2.75) is 0 Å². The number of benzene rings is 4. The Morgan fingerprint density at radius 1 is 0.447 bits per heavy atom. The topological polar surface area (TPSA) is 48.5 Å². The van der Waals surface area contributed by atoms with E-state index in [0.717, 1.165) is 39.3 Å². The molecule has 4 heterocycles. The monoisotopic (exact) mass is 487 g/mol. The van der Waals surface area contributed by atoms with E-state index in [1.165, 1.54) is 27.1 Å². The molecule has 0 N–H and O–H groups in total. The van der Waals surface area contributed by atoms with Gasteiger partial charge >= 0.3 is 0 Å². The Kier molecular flexibility index (Phi) is 4.45. The molecule has 0 atom stereocenters. The molecule has 0 aliphatic heterocycles. The first kappa shape index (κ1) is 20.9. The van der Waals surface area contributed by atoms with Gasteiger partial charge in [0.05, 0.1) is 40.1 Å². The van der Waals surface area contributed by atoms with Crippen molar-refractivity contribution in [2.24, 2.45) is 0 Å². The van der Waals surface area contributed by atoms with Crippen LogP contribution in [0.2, 0.25) is 0 Å². The Morgan fingerprint density at radius 3 is 1.63 bits per heavy atom. The molecule has 5 heteroatoms. The van der Waals surface area contributed by atoms with Gasteiger partial charge in [-0.3, -0.25) is 4.98 Å². The van der Waals surface area contributed by atoms with E-state index in [1.807, 2.05) is 55.1 Å². The maximum absolute atomic E-state index is 4.74. The van der Waals surface area contributed by atoms with E-state index in [9.17, 15) is 0 Å². The number of hydrogen-bond donors (Lipinski definition) is 0. The van der Waals surface area contributed by atoms with Crippen LogP contribution in [0.5, 0.6) is 0 Å². The van der Waals surface area contributed by atoms with Crippen molar-refractivity contribution in [3.63, 3.8) is 0 Å². The fraction of sp³-hybridized carbons (Fsp3) is 0. The number of nitrogens with zero attached hydrogens (tertiary/aromatic N) is 5. The molecular weight excluding hydrogens is 466 g/mol. The lowest BCUT2D eigenvalue weighted by Gasteiger charge is -2.10. The zero-order valence-corrected chi connectivity index (χ0v) is 20.4. The second kappa shape index (κ2) is 8.11. The molecule has 0 aliphatic carbocycles. The van der Waals surface area contributed by atoms with Crippen LogP contribution in [-0.2, 0) is 0 Å². The predicted molar refractivity (Wildman–Crippen MR) is 154 cm³/mol. The van der Waals surface area contributed by atoms with E-state index < -0.39 is 0 Å². The van der Waals surface area contributed by atoms with Gasteiger partial charge in [-0.1, -0.05) is 66.7 Å². The number of hydrogen-bond acceptors (Lipinski definition) is 3. The molecule has 0 saturated carbocycles. The number of para-hydroxylation sites is 2. The first-order valence-corrected chi connectivity index (χ1v) is 12.6. The highest BCUT2D eigenvalue weighted by molar-refractivity contribution is 6.19. The SMILES string of the molecule is c1ccc(-c2ncc(-n3c4ccccc4c4cc5c6ccccc6n(-c6ccncc6)c5cc43)cn2)cc1. The Bertz CT molecular complexity index is 2110. The predicted octanol–water partition coefficient (Wildman–Crippen LogP) is 7.73. The largest absolute Gasteiger partial charge is 0.309 e. The van der Waals surface area contributed by atoms with Crippen LogP contribution in [0.4, 0.5) is 0 Å². The van der Waals surface area contributed by atoms with Crippen molar-refractivity contribution >= 4 is 43.6 Å². The van der Waals surface area contributed by atoms with Crippen LogP contribution in [-0.4, -0.2) is 24.1 Å². The molecule has 0 fully saturated rings.